The van der Waals surface area contributed by atoms with Gasteiger partial charge in [0.05, 0.1) is 5.69 Å². The number of aromatic nitrogens is 2. The molecule has 0 spiro atoms. The van der Waals surface area contributed by atoms with Crippen LogP contribution in [0.15, 0.2) is 28.7 Å². The predicted molar refractivity (Wildman–Crippen MR) is 82.4 cm³/mol. The van der Waals surface area contributed by atoms with Crippen LogP contribution < -0.4 is 5.32 Å². The first-order chi connectivity index (χ1) is 8.99. The number of aryl methyl sites for hydroxylation is 2. The van der Waals surface area contributed by atoms with Crippen LogP contribution in [0.4, 0.5) is 0 Å². The Morgan fingerprint density at radius 1 is 1.47 bits per heavy atom. The van der Waals surface area contributed by atoms with Gasteiger partial charge in [-0.25, -0.2) is 0 Å². The van der Waals surface area contributed by atoms with Gasteiger partial charge in [0.2, 0.25) is 0 Å². The second-order valence-corrected chi connectivity index (χ2v) is 5.91. The van der Waals surface area contributed by atoms with Gasteiger partial charge in [0.1, 0.15) is 5.15 Å². The Morgan fingerprint density at radius 2 is 2.21 bits per heavy atom. The number of hydrogen-bond donors (Lipinski definition) is 1. The highest BCUT2D eigenvalue weighted by molar-refractivity contribution is 9.10. The molecule has 0 aliphatic carbocycles. The SMILES string of the molecule is Cc1nn(C)c(Cl)c1CN[C@@H](C)c1cccc(Br)c1. The highest BCUT2D eigenvalue weighted by Crippen LogP contribution is 2.21. The lowest BCUT2D eigenvalue weighted by atomic mass is 10.1. The van der Waals surface area contributed by atoms with E-state index in [0.29, 0.717) is 11.7 Å². The summed E-state index contributed by atoms with van der Waals surface area (Å²) in [6.45, 7) is 4.83. The van der Waals surface area contributed by atoms with Crippen molar-refractivity contribution in [2.75, 3.05) is 0 Å². The van der Waals surface area contributed by atoms with E-state index in [0.717, 1.165) is 15.7 Å². The predicted octanol–water partition coefficient (Wildman–Crippen LogP) is 4.00. The molecule has 0 radical (unpaired) electrons. The highest BCUT2D eigenvalue weighted by Gasteiger charge is 2.12. The number of nitrogens with zero attached hydrogens (tertiary/aromatic N) is 2. The van der Waals surface area contributed by atoms with Crippen molar-refractivity contribution < 1.29 is 0 Å². The monoisotopic (exact) mass is 341 g/mol. The molecule has 3 nitrogen and oxygen atoms in total. The summed E-state index contributed by atoms with van der Waals surface area (Å²) in [5.74, 6) is 0. The summed E-state index contributed by atoms with van der Waals surface area (Å²) in [5.41, 5.74) is 3.28. The number of halogens is 2. The fourth-order valence-corrected chi connectivity index (χ4v) is 2.68. The lowest BCUT2D eigenvalue weighted by molar-refractivity contribution is 0.573. The molecule has 0 amide bonds. The number of rotatable bonds is 4. The standard InChI is InChI=1S/C14H17BrClN3/c1-9(11-5-4-6-12(15)7-11)17-8-13-10(2)18-19(3)14(13)16/h4-7,9,17H,8H2,1-3H3/t9-/m0/s1. The fourth-order valence-electron chi connectivity index (χ4n) is 2.02. The molecule has 0 fully saturated rings. The summed E-state index contributed by atoms with van der Waals surface area (Å²) < 4.78 is 2.80. The second-order valence-electron chi connectivity index (χ2n) is 4.64. The maximum atomic E-state index is 6.22. The molecule has 1 atom stereocenters. The normalized spacial score (nSPS) is 12.7. The second kappa shape index (κ2) is 6.07. The Labute approximate surface area is 127 Å². The van der Waals surface area contributed by atoms with E-state index in [1.54, 1.807) is 4.68 Å². The average molecular weight is 343 g/mol. The molecule has 102 valence electrons. The van der Waals surface area contributed by atoms with Crippen molar-refractivity contribution in [3.8, 4) is 0 Å². The molecule has 0 saturated heterocycles. The topological polar surface area (TPSA) is 29.9 Å². The van der Waals surface area contributed by atoms with Crippen molar-refractivity contribution in [3.05, 3.63) is 50.7 Å². The quantitative estimate of drug-likeness (QED) is 0.910. The zero-order chi connectivity index (χ0) is 14.0. The van der Waals surface area contributed by atoms with E-state index in [1.807, 2.05) is 26.1 Å². The van der Waals surface area contributed by atoms with Gasteiger partial charge in [-0.1, -0.05) is 39.7 Å². The molecular weight excluding hydrogens is 326 g/mol. The maximum absolute atomic E-state index is 6.22. The first-order valence-electron chi connectivity index (χ1n) is 6.16. The van der Waals surface area contributed by atoms with Gasteiger partial charge in [-0.3, -0.25) is 4.68 Å². The first-order valence-corrected chi connectivity index (χ1v) is 7.33. The average Bonchev–Trinajstić information content (AvgIpc) is 2.61. The Bertz CT molecular complexity index is 580. The molecule has 1 N–H and O–H groups in total. The van der Waals surface area contributed by atoms with Crippen LogP contribution in [0.5, 0.6) is 0 Å². The van der Waals surface area contributed by atoms with Crippen LogP contribution >= 0.6 is 27.5 Å². The highest BCUT2D eigenvalue weighted by atomic mass is 79.9. The van der Waals surface area contributed by atoms with Gasteiger partial charge in [-0.2, -0.15) is 5.10 Å². The van der Waals surface area contributed by atoms with Crippen LogP contribution in [0.25, 0.3) is 0 Å². The molecule has 0 aliphatic rings. The fraction of sp³-hybridized carbons (Fsp3) is 0.357. The third-order valence-corrected chi connectivity index (χ3v) is 4.17. The van der Waals surface area contributed by atoms with E-state index in [9.17, 15) is 0 Å². The largest absolute Gasteiger partial charge is 0.306 e. The Balaban J connectivity index is 2.06. The summed E-state index contributed by atoms with van der Waals surface area (Å²) in [4.78, 5) is 0. The third kappa shape index (κ3) is 3.38. The minimum absolute atomic E-state index is 0.258. The minimum atomic E-state index is 0.258. The van der Waals surface area contributed by atoms with Crippen molar-refractivity contribution in [1.29, 1.82) is 0 Å². The van der Waals surface area contributed by atoms with Gasteiger partial charge < -0.3 is 5.32 Å². The molecule has 0 bridgehead atoms. The van der Waals surface area contributed by atoms with Crippen molar-refractivity contribution >= 4 is 27.5 Å². The van der Waals surface area contributed by atoms with Crippen LogP contribution in [0.3, 0.4) is 0 Å². The van der Waals surface area contributed by atoms with Gasteiger partial charge in [0.15, 0.2) is 0 Å². The lowest BCUT2D eigenvalue weighted by Gasteiger charge is -2.14. The number of benzene rings is 1. The molecule has 5 heteroatoms. The molecule has 0 aliphatic heterocycles. The van der Waals surface area contributed by atoms with Gasteiger partial charge in [-0.05, 0) is 31.5 Å². The Kier molecular flexibility index (Phi) is 4.66. The molecule has 19 heavy (non-hydrogen) atoms. The van der Waals surface area contributed by atoms with Crippen LogP contribution in [0.1, 0.15) is 29.8 Å². The van der Waals surface area contributed by atoms with E-state index in [1.165, 1.54) is 5.56 Å². The van der Waals surface area contributed by atoms with Crippen LogP contribution in [-0.2, 0) is 13.6 Å². The smallest absolute Gasteiger partial charge is 0.131 e. The van der Waals surface area contributed by atoms with Gasteiger partial charge in [-0.15, -0.1) is 0 Å². The minimum Gasteiger partial charge on any atom is -0.306 e. The number of hydrogen-bond acceptors (Lipinski definition) is 2. The van der Waals surface area contributed by atoms with E-state index in [2.05, 4.69) is 45.4 Å². The van der Waals surface area contributed by atoms with Crippen molar-refractivity contribution in [2.45, 2.75) is 26.4 Å². The van der Waals surface area contributed by atoms with E-state index >= 15 is 0 Å². The summed E-state index contributed by atoms with van der Waals surface area (Å²) in [7, 11) is 1.86. The summed E-state index contributed by atoms with van der Waals surface area (Å²) >= 11 is 9.71. The lowest BCUT2D eigenvalue weighted by Crippen LogP contribution is -2.18. The van der Waals surface area contributed by atoms with Gasteiger partial charge in [0, 0.05) is 29.7 Å². The number of nitrogens with one attached hydrogen (secondary N) is 1. The van der Waals surface area contributed by atoms with Gasteiger partial charge >= 0.3 is 0 Å². The van der Waals surface area contributed by atoms with Crippen LogP contribution in [-0.4, -0.2) is 9.78 Å². The van der Waals surface area contributed by atoms with E-state index < -0.39 is 0 Å². The summed E-state index contributed by atoms with van der Waals surface area (Å²) in [6.07, 6.45) is 0. The van der Waals surface area contributed by atoms with Crippen LogP contribution in [0, 0.1) is 6.92 Å². The van der Waals surface area contributed by atoms with Crippen LogP contribution in [0.2, 0.25) is 5.15 Å². The molecule has 1 aromatic carbocycles. The van der Waals surface area contributed by atoms with E-state index in [-0.39, 0.29) is 6.04 Å². The Morgan fingerprint density at radius 3 is 2.79 bits per heavy atom. The Hall–Kier alpha value is -0.840. The molecular formula is C14H17BrClN3. The molecule has 2 aromatic rings. The van der Waals surface area contributed by atoms with Crippen molar-refractivity contribution in [2.24, 2.45) is 7.05 Å². The molecule has 0 saturated carbocycles. The van der Waals surface area contributed by atoms with Gasteiger partial charge in [0.25, 0.3) is 0 Å². The summed E-state index contributed by atoms with van der Waals surface area (Å²) in [5, 5.41) is 8.49. The summed E-state index contributed by atoms with van der Waals surface area (Å²) in [6, 6.07) is 8.56. The molecule has 1 heterocycles. The van der Waals surface area contributed by atoms with E-state index in [4.69, 9.17) is 11.6 Å². The third-order valence-electron chi connectivity index (χ3n) is 3.20. The zero-order valence-corrected chi connectivity index (χ0v) is 13.6. The molecule has 0 unspecified atom stereocenters. The molecule has 2 rings (SSSR count). The first kappa shape index (κ1) is 14.6. The molecule has 1 aromatic heterocycles. The van der Waals surface area contributed by atoms with Crippen molar-refractivity contribution in [1.82, 2.24) is 15.1 Å². The maximum Gasteiger partial charge on any atom is 0.131 e. The van der Waals surface area contributed by atoms with Crippen molar-refractivity contribution in [3.63, 3.8) is 0 Å². The zero-order valence-electron chi connectivity index (χ0n) is 11.2.